The van der Waals surface area contributed by atoms with E-state index in [9.17, 15) is 13.2 Å². The fourth-order valence-corrected chi connectivity index (χ4v) is 5.88. The number of nitrogen functional groups attached to an aromatic ring is 1. The lowest BCUT2D eigenvalue weighted by Gasteiger charge is -2.28. The Bertz CT molecular complexity index is 983. The molecule has 2 N–H and O–H groups in total. The maximum Gasteiger partial charge on any atom is 0.271 e. The minimum atomic E-state index is -3.06. The van der Waals surface area contributed by atoms with Gasteiger partial charge >= 0.3 is 0 Å². The zero-order valence-electron chi connectivity index (χ0n) is 16.9. The number of nitrogens with zero attached hydrogens (tertiary/aromatic N) is 6. The van der Waals surface area contributed by atoms with Crippen molar-refractivity contribution in [3.8, 4) is 5.95 Å². The molecule has 12 heteroatoms. The van der Waals surface area contributed by atoms with E-state index in [-0.39, 0.29) is 29.2 Å². The third kappa shape index (κ3) is 4.92. The van der Waals surface area contributed by atoms with E-state index in [0.29, 0.717) is 24.1 Å². The van der Waals surface area contributed by atoms with E-state index in [0.717, 1.165) is 24.2 Å². The van der Waals surface area contributed by atoms with Crippen molar-refractivity contribution in [1.82, 2.24) is 29.6 Å². The van der Waals surface area contributed by atoms with Crippen LogP contribution >= 0.6 is 11.8 Å². The minimum absolute atomic E-state index is 0.0439. The van der Waals surface area contributed by atoms with Gasteiger partial charge in [-0.05, 0) is 32.8 Å². The Morgan fingerprint density at radius 1 is 1.38 bits per heavy atom. The Labute approximate surface area is 174 Å². The summed E-state index contributed by atoms with van der Waals surface area (Å²) < 4.78 is 26.6. The molecule has 10 nitrogen and oxygen atoms in total. The quantitative estimate of drug-likeness (QED) is 0.468. The highest BCUT2D eigenvalue weighted by Crippen LogP contribution is 2.22. The maximum absolute atomic E-state index is 12.9. The average molecular weight is 442 g/mol. The lowest BCUT2D eigenvalue weighted by Crippen LogP contribution is -2.42. The van der Waals surface area contributed by atoms with Gasteiger partial charge in [-0.2, -0.15) is 5.10 Å². The molecule has 1 fully saturated rings. The molecule has 3 rings (SSSR count). The number of rotatable bonds is 8. The highest BCUT2D eigenvalue weighted by molar-refractivity contribution is 7.99. The largest absolute Gasteiger partial charge is 0.338 e. The van der Waals surface area contributed by atoms with Crippen LogP contribution in [-0.2, 0) is 14.6 Å². The van der Waals surface area contributed by atoms with Gasteiger partial charge in [0.1, 0.15) is 0 Å². The van der Waals surface area contributed by atoms with E-state index in [1.54, 1.807) is 9.58 Å². The summed E-state index contributed by atoms with van der Waals surface area (Å²) in [5.41, 5.74) is 1.72. The summed E-state index contributed by atoms with van der Waals surface area (Å²) in [6.45, 7) is 6.37. The fraction of sp³-hybridized carbons (Fsp3) is 0.647. The van der Waals surface area contributed by atoms with Crippen molar-refractivity contribution in [2.24, 2.45) is 0 Å². The zero-order valence-corrected chi connectivity index (χ0v) is 18.5. The van der Waals surface area contributed by atoms with E-state index in [4.69, 9.17) is 5.84 Å². The number of hydrogen-bond donors (Lipinski definition) is 1. The van der Waals surface area contributed by atoms with Crippen LogP contribution in [-0.4, -0.2) is 73.7 Å². The van der Waals surface area contributed by atoms with Crippen LogP contribution in [0.4, 0.5) is 0 Å². The van der Waals surface area contributed by atoms with E-state index < -0.39 is 9.84 Å². The van der Waals surface area contributed by atoms with Crippen LogP contribution in [0.5, 0.6) is 0 Å². The van der Waals surface area contributed by atoms with Crippen molar-refractivity contribution in [2.75, 3.05) is 29.6 Å². The number of carbonyl (C=O) groups is 1. The SMILES string of the molecule is CCCCN(C(=O)CSc1nnc(-n2nc(C)cc2C)n1N)C1CCS(=O)(=O)C1. The molecule has 0 radical (unpaired) electrons. The minimum Gasteiger partial charge on any atom is -0.338 e. The molecule has 1 saturated heterocycles. The predicted octanol–water partition coefficient (Wildman–Crippen LogP) is 0.702. The predicted molar refractivity (Wildman–Crippen MR) is 111 cm³/mol. The number of thioether (sulfide) groups is 1. The molecule has 0 aromatic carbocycles. The molecule has 1 aliphatic heterocycles. The van der Waals surface area contributed by atoms with Gasteiger partial charge < -0.3 is 10.7 Å². The van der Waals surface area contributed by atoms with Crippen LogP contribution < -0.4 is 5.84 Å². The van der Waals surface area contributed by atoms with Crippen molar-refractivity contribution in [2.45, 2.75) is 51.2 Å². The lowest BCUT2D eigenvalue weighted by atomic mass is 10.2. The van der Waals surface area contributed by atoms with Gasteiger partial charge in [0.05, 0.1) is 23.0 Å². The van der Waals surface area contributed by atoms with Gasteiger partial charge in [-0.1, -0.05) is 25.1 Å². The Balaban J connectivity index is 1.69. The van der Waals surface area contributed by atoms with Gasteiger partial charge in [-0.3, -0.25) is 4.79 Å². The first kappa shape index (κ1) is 21.6. The normalized spacial score (nSPS) is 18.2. The molecule has 0 aliphatic carbocycles. The van der Waals surface area contributed by atoms with Crippen molar-refractivity contribution >= 4 is 27.5 Å². The summed E-state index contributed by atoms with van der Waals surface area (Å²) in [5.74, 6) is 6.68. The lowest BCUT2D eigenvalue weighted by molar-refractivity contribution is -0.130. The van der Waals surface area contributed by atoms with Crippen LogP contribution in [0.25, 0.3) is 5.95 Å². The average Bonchev–Trinajstić information content (AvgIpc) is 3.30. The van der Waals surface area contributed by atoms with Crippen LogP contribution in [0.3, 0.4) is 0 Å². The van der Waals surface area contributed by atoms with Crippen LogP contribution in [0.2, 0.25) is 0 Å². The fourth-order valence-electron chi connectivity index (χ4n) is 3.41. The number of aromatic nitrogens is 5. The summed E-state index contributed by atoms with van der Waals surface area (Å²) in [5, 5.41) is 12.9. The molecule has 0 bridgehead atoms. The molecular weight excluding hydrogens is 414 g/mol. The number of unbranched alkanes of at least 4 members (excludes halogenated alkanes) is 1. The summed E-state index contributed by atoms with van der Waals surface area (Å²) in [7, 11) is -3.06. The second-order valence-electron chi connectivity index (χ2n) is 7.28. The van der Waals surface area contributed by atoms with E-state index in [1.165, 1.54) is 16.4 Å². The highest BCUT2D eigenvalue weighted by atomic mass is 32.2. The molecule has 1 aliphatic rings. The number of nitrogens with two attached hydrogens (primary N) is 1. The Kier molecular flexibility index (Phi) is 6.52. The summed E-state index contributed by atoms with van der Waals surface area (Å²) >= 11 is 1.19. The summed E-state index contributed by atoms with van der Waals surface area (Å²) in [4.78, 5) is 14.6. The highest BCUT2D eigenvalue weighted by Gasteiger charge is 2.34. The Hall–Kier alpha value is -2.08. The second-order valence-corrected chi connectivity index (χ2v) is 10.4. The number of hydrogen-bond acceptors (Lipinski definition) is 8. The van der Waals surface area contributed by atoms with Gasteiger partial charge in [0.2, 0.25) is 11.1 Å². The number of sulfone groups is 1. The Morgan fingerprint density at radius 2 is 2.14 bits per heavy atom. The van der Waals surface area contributed by atoms with Crippen LogP contribution in [0, 0.1) is 13.8 Å². The third-order valence-electron chi connectivity index (χ3n) is 4.89. The van der Waals surface area contributed by atoms with Gasteiger partial charge in [0.15, 0.2) is 9.84 Å². The zero-order chi connectivity index (χ0) is 21.2. The molecular formula is C17H27N7O3S2. The molecule has 1 unspecified atom stereocenters. The molecule has 3 heterocycles. The summed E-state index contributed by atoms with van der Waals surface area (Å²) in [6.07, 6.45) is 2.26. The van der Waals surface area contributed by atoms with Gasteiger partial charge in [0, 0.05) is 18.3 Å². The third-order valence-corrected chi connectivity index (χ3v) is 7.57. The number of amides is 1. The van der Waals surface area contributed by atoms with Gasteiger partial charge in [-0.25, -0.2) is 17.8 Å². The Morgan fingerprint density at radius 3 is 2.72 bits per heavy atom. The standard InChI is InChI=1S/C17H27N7O3S2/c1-4-5-7-22(14-6-8-29(26,27)11-14)15(25)10-28-17-20-19-16(23(17)18)24-13(3)9-12(2)21-24/h9,14H,4-8,10-11,18H2,1-3H3. The second kappa shape index (κ2) is 8.74. The first-order valence-electron chi connectivity index (χ1n) is 9.58. The van der Waals surface area contributed by atoms with Crippen LogP contribution in [0.1, 0.15) is 37.6 Å². The smallest absolute Gasteiger partial charge is 0.271 e. The molecule has 2 aromatic heterocycles. The molecule has 1 atom stereocenters. The van der Waals surface area contributed by atoms with E-state index in [1.807, 2.05) is 26.8 Å². The monoisotopic (exact) mass is 441 g/mol. The molecule has 0 spiro atoms. The number of carbonyl (C=O) groups excluding carboxylic acids is 1. The molecule has 160 valence electrons. The molecule has 2 aromatic rings. The van der Waals surface area contributed by atoms with Crippen LogP contribution in [0.15, 0.2) is 11.2 Å². The molecule has 29 heavy (non-hydrogen) atoms. The first-order chi connectivity index (χ1) is 13.7. The van der Waals surface area contributed by atoms with E-state index >= 15 is 0 Å². The topological polar surface area (TPSA) is 129 Å². The van der Waals surface area contributed by atoms with Crippen molar-refractivity contribution in [3.05, 3.63) is 17.5 Å². The summed E-state index contributed by atoms with van der Waals surface area (Å²) in [6, 6.07) is 1.66. The van der Waals surface area contributed by atoms with E-state index in [2.05, 4.69) is 15.3 Å². The molecule has 1 amide bonds. The molecule has 0 saturated carbocycles. The maximum atomic E-state index is 12.9. The van der Waals surface area contributed by atoms with Crippen molar-refractivity contribution in [3.63, 3.8) is 0 Å². The first-order valence-corrected chi connectivity index (χ1v) is 12.4. The van der Waals surface area contributed by atoms with Gasteiger partial charge in [0.25, 0.3) is 5.95 Å². The van der Waals surface area contributed by atoms with Gasteiger partial charge in [-0.15, -0.1) is 10.2 Å². The van der Waals surface area contributed by atoms with Crippen molar-refractivity contribution in [1.29, 1.82) is 0 Å². The van der Waals surface area contributed by atoms with Crippen molar-refractivity contribution < 1.29 is 13.2 Å². The number of aryl methyl sites for hydroxylation is 2.